The number of hydrogen-bond acceptors (Lipinski definition) is 2. The van der Waals surface area contributed by atoms with Crippen molar-refractivity contribution in [2.75, 3.05) is 0 Å². The van der Waals surface area contributed by atoms with Gasteiger partial charge in [-0.3, -0.25) is 4.79 Å². The van der Waals surface area contributed by atoms with E-state index in [0.29, 0.717) is 11.6 Å². The van der Waals surface area contributed by atoms with Crippen LogP contribution in [0.5, 0.6) is 0 Å². The molecule has 3 nitrogen and oxygen atoms in total. The Hall–Kier alpha value is -1.64. The van der Waals surface area contributed by atoms with Gasteiger partial charge in [0, 0.05) is 17.1 Å². The van der Waals surface area contributed by atoms with Crippen LogP contribution >= 0.6 is 0 Å². The molecule has 3 heteroatoms. The molecule has 0 bridgehead atoms. The lowest BCUT2D eigenvalue weighted by Gasteiger charge is -2.05. The number of fused-ring (bicyclic) bond motifs is 1. The molecular weight excluding hydrogens is 200 g/mol. The maximum atomic E-state index is 11.8. The quantitative estimate of drug-likeness (QED) is 0.838. The molecule has 2 rings (SSSR count). The average molecular weight is 216 g/mol. The Bertz CT molecular complexity index is 570. The van der Waals surface area contributed by atoms with Gasteiger partial charge < -0.3 is 4.98 Å². The molecular formula is C13H16N2O. The van der Waals surface area contributed by atoms with E-state index >= 15 is 0 Å². The molecule has 84 valence electrons. The van der Waals surface area contributed by atoms with Crippen molar-refractivity contribution in [1.82, 2.24) is 9.97 Å². The van der Waals surface area contributed by atoms with E-state index < -0.39 is 0 Å². The predicted octanol–water partition coefficient (Wildman–Crippen LogP) is 2.43. The fourth-order valence-corrected chi connectivity index (χ4v) is 1.84. The van der Waals surface area contributed by atoms with Gasteiger partial charge in [0.1, 0.15) is 5.65 Å². The van der Waals surface area contributed by atoms with Crippen LogP contribution in [0, 0.1) is 12.8 Å². The molecule has 0 amide bonds. The fourth-order valence-electron chi connectivity index (χ4n) is 1.84. The Morgan fingerprint density at radius 3 is 2.81 bits per heavy atom. The molecule has 0 fully saturated rings. The van der Waals surface area contributed by atoms with E-state index in [9.17, 15) is 4.79 Å². The summed E-state index contributed by atoms with van der Waals surface area (Å²) >= 11 is 0. The topological polar surface area (TPSA) is 45.8 Å². The van der Waals surface area contributed by atoms with Crippen LogP contribution in [0.1, 0.15) is 25.0 Å². The van der Waals surface area contributed by atoms with Crippen LogP contribution in [0.15, 0.2) is 23.1 Å². The van der Waals surface area contributed by atoms with Crippen molar-refractivity contribution in [2.45, 2.75) is 27.2 Å². The molecule has 0 spiro atoms. The zero-order chi connectivity index (χ0) is 11.7. The number of aromatic nitrogens is 2. The van der Waals surface area contributed by atoms with Gasteiger partial charge in [0.15, 0.2) is 0 Å². The minimum absolute atomic E-state index is 0.0162. The summed E-state index contributed by atoms with van der Waals surface area (Å²) in [4.78, 5) is 18.8. The van der Waals surface area contributed by atoms with Gasteiger partial charge in [0.25, 0.3) is 5.56 Å². The van der Waals surface area contributed by atoms with Crippen LogP contribution in [0.2, 0.25) is 0 Å². The number of nitrogens with one attached hydrogen (secondary N) is 1. The molecule has 2 aromatic rings. The molecule has 0 aromatic carbocycles. The molecule has 2 aromatic heterocycles. The van der Waals surface area contributed by atoms with Gasteiger partial charge in [-0.1, -0.05) is 13.8 Å². The second-order valence-electron chi connectivity index (χ2n) is 4.67. The van der Waals surface area contributed by atoms with Crippen LogP contribution in [0.4, 0.5) is 0 Å². The highest BCUT2D eigenvalue weighted by Gasteiger charge is 2.05. The van der Waals surface area contributed by atoms with Crippen molar-refractivity contribution < 1.29 is 0 Å². The summed E-state index contributed by atoms with van der Waals surface area (Å²) in [5, 5.41) is 1.01. The zero-order valence-corrected chi connectivity index (χ0v) is 9.87. The highest BCUT2D eigenvalue weighted by atomic mass is 16.1. The molecule has 2 heterocycles. The number of nitrogens with zero attached hydrogens (tertiary/aromatic N) is 1. The predicted molar refractivity (Wildman–Crippen MR) is 65.6 cm³/mol. The maximum Gasteiger partial charge on any atom is 0.252 e. The van der Waals surface area contributed by atoms with Crippen molar-refractivity contribution in [3.63, 3.8) is 0 Å². The lowest BCUT2D eigenvalue weighted by molar-refractivity contribution is 0.643. The van der Waals surface area contributed by atoms with Crippen LogP contribution in [-0.2, 0) is 6.42 Å². The third-order valence-electron chi connectivity index (χ3n) is 2.54. The Morgan fingerprint density at radius 2 is 2.12 bits per heavy atom. The molecule has 0 aliphatic carbocycles. The second kappa shape index (κ2) is 4.08. The van der Waals surface area contributed by atoms with E-state index in [1.807, 2.05) is 19.1 Å². The smallest absolute Gasteiger partial charge is 0.252 e. The van der Waals surface area contributed by atoms with Gasteiger partial charge in [-0.15, -0.1) is 0 Å². The van der Waals surface area contributed by atoms with Crippen molar-refractivity contribution in [3.8, 4) is 0 Å². The molecule has 0 saturated heterocycles. The van der Waals surface area contributed by atoms with E-state index in [4.69, 9.17) is 0 Å². The van der Waals surface area contributed by atoms with Gasteiger partial charge in [-0.05, 0) is 37.0 Å². The summed E-state index contributed by atoms with van der Waals surface area (Å²) in [6, 6.07) is 4.00. The molecule has 16 heavy (non-hydrogen) atoms. The molecule has 0 atom stereocenters. The Labute approximate surface area is 94.5 Å². The summed E-state index contributed by atoms with van der Waals surface area (Å²) in [7, 11) is 0. The number of aromatic amines is 1. The highest BCUT2D eigenvalue weighted by Crippen LogP contribution is 2.12. The van der Waals surface area contributed by atoms with E-state index in [-0.39, 0.29) is 5.56 Å². The first-order chi connectivity index (χ1) is 7.56. The van der Waals surface area contributed by atoms with Crippen molar-refractivity contribution >= 4 is 11.0 Å². The highest BCUT2D eigenvalue weighted by molar-refractivity contribution is 5.75. The fraction of sp³-hybridized carbons (Fsp3) is 0.385. The van der Waals surface area contributed by atoms with Gasteiger partial charge in [0.05, 0.1) is 0 Å². The minimum Gasteiger partial charge on any atom is -0.306 e. The molecule has 1 N–H and O–H groups in total. The molecule has 0 radical (unpaired) electrons. The van der Waals surface area contributed by atoms with E-state index in [1.165, 1.54) is 0 Å². The van der Waals surface area contributed by atoms with E-state index in [0.717, 1.165) is 22.9 Å². The average Bonchev–Trinajstić information content (AvgIpc) is 2.19. The van der Waals surface area contributed by atoms with Gasteiger partial charge in [-0.25, -0.2) is 4.98 Å². The number of H-pyrrole nitrogens is 1. The third kappa shape index (κ3) is 2.13. The summed E-state index contributed by atoms with van der Waals surface area (Å²) in [6.45, 7) is 6.22. The first-order valence-electron chi connectivity index (χ1n) is 5.55. The summed E-state index contributed by atoms with van der Waals surface area (Å²) in [5.74, 6) is 0.483. The Balaban J connectivity index is 2.60. The van der Waals surface area contributed by atoms with Crippen LogP contribution < -0.4 is 5.56 Å². The third-order valence-corrected chi connectivity index (χ3v) is 2.54. The normalized spacial score (nSPS) is 11.2. The van der Waals surface area contributed by atoms with Crippen LogP contribution in [0.3, 0.4) is 0 Å². The van der Waals surface area contributed by atoms with Gasteiger partial charge in [-0.2, -0.15) is 0 Å². The Morgan fingerprint density at radius 1 is 1.38 bits per heavy atom. The van der Waals surface area contributed by atoms with Crippen LogP contribution in [-0.4, -0.2) is 9.97 Å². The Kier molecular flexibility index (Phi) is 2.77. The second-order valence-corrected chi connectivity index (χ2v) is 4.67. The maximum absolute atomic E-state index is 11.8. The monoisotopic (exact) mass is 216 g/mol. The van der Waals surface area contributed by atoms with Crippen molar-refractivity contribution in [1.29, 1.82) is 0 Å². The minimum atomic E-state index is -0.0162. The number of aryl methyl sites for hydroxylation is 1. The lowest BCUT2D eigenvalue weighted by atomic mass is 10.0. The van der Waals surface area contributed by atoms with Gasteiger partial charge >= 0.3 is 0 Å². The standard InChI is InChI=1S/C13H16N2O/c1-8(2)4-11-6-10-5-9(3)7-14-12(10)15-13(11)16/h5-8H,4H2,1-3H3,(H,14,15,16). The summed E-state index contributed by atoms with van der Waals surface area (Å²) < 4.78 is 0. The van der Waals surface area contributed by atoms with E-state index in [1.54, 1.807) is 6.20 Å². The largest absolute Gasteiger partial charge is 0.306 e. The molecule has 0 aliphatic heterocycles. The summed E-state index contributed by atoms with van der Waals surface area (Å²) in [6.07, 6.45) is 2.57. The SMILES string of the molecule is Cc1cnc2[nH]c(=O)c(CC(C)C)cc2c1. The molecule has 0 unspecified atom stereocenters. The van der Waals surface area contributed by atoms with Crippen LogP contribution in [0.25, 0.3) is 11.0 Å². The zero-order valence-electron chi connectivity index (χ0n) is 9.87. The number of hydrogen-bond donors (Lipinski definition) is 1. The first kappa shape index (κ1) is 10.9. The molecule has 0 saturated carbocycles. The summed E-state index contributed by atoms with van der Waals surface area (Å²) in [5.41, 5.74) is 2.60. The lowest BCUT2D eigenvalue weighted by Crippen LogP contribution is -2.14. The van der Waals surface area contributed by atoms with Gasteiger partial charge in [0.2, 0.25) is 0 Å². The first-order valence-corrected chi connectivity index (χ1v) is 5.55. The number of pyridine rings is 2. The number of rotatable bonds is 2. The molecule has 0 aliphatic rings. The van der Waals surface area contributed by atoms with E-state index in [2.05, 4.69) is 23.8 Å². The van der Waals surface area contributed by atoms with Crippen molar-refractivity contribution in [3.05, 3.63) is 39.8 Å². The van der Waals surface area contributed by atoms with Crippen molar-refractivity contribution in [2.24, 2.45) is 5.92 Å².